The van der Waals surface area contributed by atoms with E-state index in [2.05, 4.69) is 48.9 Å². The molecule has 1 nitrogen and oxygen atoms in total. The van der Waals surface area contributed by atoms with Gasteiger partial charge in [-0.2, -0.15) is 23.5 Å². The lowest BCUT2D eigenvalue weighted by Gasteiger charge is -2.43. The van der Waals surface area contributed by atoms with Gasteiger partial charge in [0.05, 0.1) is 0 Å². The second-order valence-electron chi connectivity index (χ2n) is 6.20. The Morgan fingerprint density at radius 2 is 2.12 bits per heavy atom. The summed E-state index contributed by atoms with van der Waals surface area (Å²) >= 11 is 4.20. The molecule has 0 aromatic carbocycles. The monoisotopic (exact) mass is 259 g/mol. The van der Waals surface area contributed by atoms with Crippen molar-refractivity contribution in [3.8, 4) is 0 Å². The Bertz CT molecular complexity index is 231. The topological polar surface area (TPSA) is 12.0 Å². The molecule has 0 radical (unpaired) electrons. The van der Waals surface area contributed by atoms with Gasteiger partial charge in [-0.1, -0.05) is 20.3 Å². The van der Waals surface area contributed by atoms with E-state index in [1.54, 1.807) is 0 Å². The van der Waals surface area contributed by atoms with E-state index in [0.29, 0.717) is 10.2 Å². The van der Waals surface area contributed by atoms with E-state index in [0.717, 1.165) is 6.04 Å². The van der Waals surface area contributed by atoms with Crippen molar-refractivity contribution in [3.63, 3.8) is 0 Å². The van der Waals surface area contributed by atoms with Crippen molar-refractivity contribution in [3.05, 3.63) is 0 Å². The van der Waals surface area contributed by atoms with Crippen molar-refractivity contribution < 1.29 is 0 Å². The fourth-order valence-electron chi connectivity index (χ4n) is 2.75. The fourth-order valence-corrected chi connectivity index (χ4v) is 4.98. The summed E-state index contributed by atoms with van der Waals surface area (Å²) in [6.07, 6.45) is 7.91. The zero-order valence-electron chi connectivity index (χ0n) is 10.8. The molecule has 2 rings (SSSR count). The minimum atomic E-state index is 0.534. The minimum Gasteiger partial charge on any atom is -0.312 e. The molecule has 1 unspecified atom stereocenters. The van der Waals surface area contributed by atoms with Gasteiger partial charge in [-0.15, -0.1) is 0 Å². The van der Waals surface area contributed by atoms with Crippen LogP contribution in [0.15, 0.2) is 0 Å². The maximum absolute atomic E-state index is 3.83. The summed E-state index contributed by atoms with van der Waals surface area (Å²) in [5.41, 5.74) is 0.534. The predicted molar refractivity (Wildman–Crippen MR) is 77.6 cm³/mol. The second kappa shape index (κ2) is 5.11. The molecule has 1 aliphatic carbocycles. The third-order valence-electron chi connectivity index (χ3n) is 4.02. The van der Waals surface area contributed by atoms with Crippen LogP contribution in [0, 0.1) is 5.41 Å². The van der Waals surface area contributed by atoms with Crippen LogP contribution in [0.4, 0.5) is 0 Å². The third-order valence-corrected chi connectivity index (χ3v) is 7.06. The van der Waals surface area contributed by atoms with Crippen LogP contribution in [0.3, 0.4) is 0 Å². The van der Waals surface area contributed by atoms with Gasteiger partial charge in [-0.25, -0.2) is 0 Å². The van der Waals surface area contributed by atoms with Gasteiger partial charge < -0.3 is 5.32 Å². The molecule has 3 heteroatoms. The predicted octanol–water partition coefficient (Wildman–Crippen LogP) is 3.39. The van der Waals surface area contributed by atoms with Crippen LogP contribution in [0.5, 0.6) is 0 Å². The molecule has 1 heterocycles. The highest BCUT2D eigenvalue weighted by Gasteiger charge is 2.37. The smallest absolute Gasteiger partial charge is 0.0281 e. The van der Waals surface area contributed by atoms with E-state index >= 15 is 0 Å². The molecular formula is C13H25NS2. The standard InChI is InChI=1S/C13H25NS2/c1-12(2)7-11(8-16-10-12)14-9-13(15-3)5-4-6-13/h11,14H,4-10H2,1-3H3. The van der Waals surface area contributed by atoms with Crippen molar-refractivity contribution in [1.29, 1.82) is 0 Å². The molecule has 1 atom stereocenters. The lowest BCUT2D eigenvalue weighted by atomic mass is 9.83. The van der Waals surface area contributed by atoms with E-state index in [-0.39, 0.29) is 0 Å². The van der Waals surface area contributed by atoms with E-state index in [1.165, 1.54) is 43.7 Å². The molecule has 94 valence electrons. The molecule has 2 aliphatic rings. The second-order valence-corrected chi connectivity index (χ2v) is 8.51. The lowest BCUT2D eigenvalue weighted by Crippen LogP contribution is -2.49. The largest absolute Gasteiger partial charge is 0.312 e. The Morgan fingerprint density at radius 3 is 2.62 bits per heavy atom. The average Bonchev–Trinajstić information content (AvgIpc) is 2.15. The third kappa shape index (κ3) is 3.11. The minimum absolute atomic E-state index is 0.534. The highest BCUT2D eigenvalue weighted by Crippen LogP contribution is 2.42. The molecule has 16 heavy (non-hydrogen) atoms. The van der Waals surface area contributed by atoms with Crippen molar-refractivity contribution >= 4 is 23.5 Å². The highest BCUT2D eigenvalue weighted by molar-refractivity contribution is 8.00. The SMILES string of the molecule is CSC1(CNC2CSCC(C)(C)C2)CCC1. The van der Waals surface area contributed by atoms with Crippen LogP contribution in [0.2, 0.25) is 0 Å². The first-order valence-corrected chi connectivity index (χ1v) is 8.80. The molecule has 1 saturated heterocycles. The van der Waals surface area contributed by atoms with Crippen molar-refractivity contribution in [2.45, 2.75) is 50.3 Å². The molecule has 1 aliphatic heterocycles. The van der Waals surface area contributed by atoms with E-state index in [1.807, 2.05) is 0 Å². The normalized spacial score (nSPS) is 32.1. The summed E-state index contributed by atoms with van der Waals surface area (Å²) < 4.78 is 0.590. The highest BCUT2D eigenvalue weighted by atomic mass is 32.2. The molecule has 2 fully saturated rings. The van der Waals surface area contributed by atoms with Crippen LogP contribution in [0.1, 0.15) is 39.5 Å². The molecule has 0 aromatic rings. The first-order valence-electron chi connectivity index (χ1n) is 6.42. The van der Waals surface area contributed by atoms with Gasteiger partial charge in [-0.05, 0) is 36.7 Å². The van der Waals surface area contributed by atoms with E-state index in [9.17, 15) is 0 Å². The molecule has 1 N–H and O–H groups in total. The number of hydrogen-bond acceptors (Lipinski definition) is 3. The van der Waals surface area contributed by atoms with Gasteiger partial charge in [-0.3, -0.25) is 0 Å². The Kier molecular flexibility index (Phi) is 4.19. The molecule has 0 spiro atoms. The van der Waals surface area contributed by atoms with Crippen LogP contribution < -0.4 is 5.32 Å². The fraction of sp³-hybridized carbons (Fsp3) is 1.00. The number of thioether (sulfide) groups is 2. The maximum Gasteiger partial charge on any atom is 0.0281 e. The summed E-state index contributed by atoms with van der Waals surface area (Å²) in [7, 11) is 0. The summed E-state index contributed by atoms with van der Waals surface area (Å²) in [5, 5.41) is 3.83. The quantitative estimate of drug-likeness (QED) is 0.831. The number of hydrogen-bond donors (Lipinski definition) is 1. The van der Waals surface area contributed by atoms with Gasteiger partial charge in [0.1, 0.15) is 0 Å². The van der Waals surface area contributed by atoms with Crippen LogP contribution in [0.25, 0.3) is 0 Å². The Morgan fingerprint density at radius 1 is 1.38 bits per heavy atom. The molecular weight excluding hydrogens is 234 g/mol. The summed E-state index contributed by atoms with van der Waals surface area (Å²) in [6.45, 7) is 6.04. The first-order chi connectivity index (χ1) is 7.55. The van der Waals surface area contributed by atoms with E-state index in [4.69, 9.17) is 0 Å². The Hall–Kier alpha value is 0.660. The van der Waals surface area contributed by atoms with Crippen molar-refractivity contribution in [1.82, 2.24) is 5.32 Å². The van der Waals surface area contributed by atoms with Crippen LogP contribution >= 0.6 is 23.5 Å². The van der Waals surface area contributed by atoms with Crippen LogP contribution in [-0.4, -0.2) is 35.1 Å². The van der Waals surface area contributed by atoms with Gasteiger partial charge in [0.25, 0.3) is 0 Å². The first kappa shape index (κ1) is 13.1. The Balaban J connectivity index is 1.77. The summed E-state index contributed by atoms with van der Waals surface area (Å²) in [5.74, 6) is 2.65. The maximum atomic E-state index is 3.83. The van der Waals surface area contributed by atoms with E-state index < -0.39 is 0 Å². The molecule has 0 bridgehead atoms. The zero-order valence-corrected chi connectivity index (χ0v) is 12.5. The number of nitrogens with one attached hydrogen (secondary N) is 1. The van der Waals surface area contributed by atoms with Gasteiger partial charge in [0.2, 0.25) is 0 Å². The molecule has 0 aromatic heterocycles. The summed E-state index contributed by atoms with van der Waals surface area (Å²) in [6, 6.07) is 0.748. The molecule has 0 amide bonds. The summed E-state index contributed by atoms with van der Waals surface area (Å²) in [4.78, 5) is 0. The van der Waals surface area contributed by atoms with Crippen molar-refractivity contribution in [2.75, 3.05) is 24.3 Å². The average molecular weight is 259 g/mol. The molecule has 1 saturated carbocycles. The van der Waals surface area contributed by atoms with Crippen molar-refractivity contribution in [2.24, 2.45) is 5.41 Å². The lowest BCUT2D eigenvalue weighted by molar-refractivity contribution is 0.285. The number of rotatable bonds is 4. The van der Waals surface area contributed by atoms with Crippen LogP contribution in [-0.2, 0) is 0 Å². The zero-order chi connectivity index (χ0) is 11.6. The Labute approximate surface area is 109 Å². The van der Waals surface area contributed by atoms with Gasteiger partial charge in [0.15, 0.2) is 0 Å². The van der Waals surface area contributed by atoms with Gasteiger partial charge in [0, 0.05) is 23.1 Å². The van der Waals surface area contributed by atoms with Gasteiger partial charge >= 0.3 is 0 Å².